The summed E-state index contributed by atoms with van der Waals surface area (Å²) in [5, 5.41) is 3.22. The summed E-state index contributed by atoms with van der Waals surface area (Å²) in [4.78, 5) is 21.5. The molecule has 0 amide bonds. The van der Waals surface area contributed by atoms with E-state index in [0.29, 0.717) is 17.9 Å². The van der Waals surface area contributed by atoms with E-state index in [-0.39, 0.29) is 11.7 Å². The van der Waals surface area contributed by atoms with Gasteiger partial charge in [0.1, 0.15) is 5.75 Å². The molecule has 0 radical (unpaired) electrons. The molecule has 0 aliphatic heterocycles. The quantitative estimate of drug-likeness (QED) is 0.745. The number of aryl methyl sites for hydroxylation is 1. The second kappa shape index (κ2) is 7.19. The molecule has 3 aromatic rings. The fourth-order valence-electron chi connectivity index (χ4n) is 3.38. The number of nitrogens with one attached hydrogen (secondary N) is 1. The lowest BCUT2D eigenvalue weighted by atomic mass is 9.82. The maximum Gasteiger partial charge on any atom is 0.227 e. The van der Waals surface area contributed by atoms with Crippen LogP contribution in [0.15, 0.2) is 54.7 Å². The number of fused-ring (bicyclic) bond motifs is 1. The number of aromatic nitrogens is 2. The van der Waals surface area contributed by atoms with Gasteiger partial charge >= 0.3 is 0 Å². The van der Waals surface area contributed by atoms with E-state index in [2.05, 4.69) is 15.3 Å². The summed E-state index contributed by atoms with van der Waals surface area (Å²) >= 11 is 0. The number of hydrogen-bond donors (Lipinski definition) is 1. The van der Waals surface area contributed by atoms with Crippen molar-refractivity contribution >= 4 is 17.4 Å². The van der Waals surface area contributed by atoms with Crippen molar-refractivity contribution in [1.82, 2.24) is 9.97 Å². The van der Waals surface area contributed by atoms with E-state index in [1.54, 1.807) is 13.3 Å². The van der Waals surface area contributed by atoms with Crippen LogP contribution in [-0.2, 0) is 6.42 Å². The molecule has 0 fully saturated rings. The average molecular weight is 359 g/mol. The first-order chi connectivity index (χ1) is 13.1. The molecule has 2 aromatic carbocycles. The van der Waals surface area contributed by atoms with Crippen LogP contribution in [-0.4, -0.2) is 22.9 Å². The number of rotatable bonds is 4. The summed E-state index contributed by atoms with van der Waals surface area (Å²) in [6, 6.07) is 15.9. The molecular weight excluding hydrogens is 338 g/mol. The van der Waals surface area contributed by atoms with Crippen LogP contribution in [0.5, 0.6) is 5.75 Å². The number of ether oxygens (including phenoxy) is 1. The van der Waals surface area contributed by atoms with Gasteiger partial charge in [0.2, 0.25) is 5.95 Å². The van der Waals surface area contributed by atoms with Crippen molar-refractivity contribution in [3.05, 3.63) is 77.1 Å². The van der Waals surface area contributed by atoms with Gasteiger partial charge in [-0.3, -0.25) is 4.79 Å². The highest BCUT2D eigenvalue weighted by Gasteiger charge is 2.28. The van der Waals surface area contributed by atoms with Crippen LogP contribution in [0.25, 0.3) is 0 Å². The van der Waals surface area contributed by atoms with Crippen LogP contribution in [0.2, 0.25) is 0 Å². The summed E-state index contributed by atoms with van der Waals surface area (Å²) in [7, 11) is 1.65. The fraction of sp³-hybridized carbons (Fsp3) is 0.227. The monoisotopic (exact) mass is 359 g/mol. The fourth-order valence-corrected chi connectivity index (χ4v) is 3.38. The Bertz CT molecular complexity index is 966. The van der Waals surface area contributed by atoms with Crippen LogP contribution in [0.4, 0.5) is 11.6 Å². The lowest BCUT2D eigenvalue weighted by molar-refractivity contribution is 0.0962. The number of carbonyl (C=O) groups excluding carboxylic acids is 1. The number of carbonyl (C=O) groups is 1. The number of methoxy groups -OCH3 is 1. The first kappa shape index (κ1) is 17.2. The van der Waals surface area contributed by atoms with Crippen LogP contribution >= 0.6 is 0 Å². The highest BCUT2D eigenvalue weighted by Crippen LogP contribution is 2.33. The minimum absolute atomic E-state index is 0.0963. The molecule has 1 heterocycles. The van der Waals surface area contributed by atoms with Gasteiger partial charge in [0.15, 0.2) is 5.78 Å². The Hall–Kier alpha value is -3.21. The summed E-state index contributed by atoms with van der Waals surface area (Å²) in [5.74, 6) is 1.55. The zero-order valence-corrected chi connectivity index (χ0v) is 15.4. The van der Waals surface area contributed by atoms with Crippen LogP contribution in [0.1, 0.15) is 39.5 Å². The smallest absolute Gasteiger partial charge is 0.227 e. The first-order valence-corrected chi connectivity index (χ1v) is 8.99. The number of nitrogens with zero attached hydrogens (tertiary/aromatic N) is 2. The molecular formula is C22H21N3O2. The predicted octanol–water partition coefficient (Wildman–Crippen LogP) is 4.45. The normalized spacial score (nSPS) is 15.9. The highest BCUT2D eigenvalue weighted by molar-refractivity contribution is 5.98. The molecule has 5 heteroatoms. The molecule has 1 atom stereocenters. The van der Waals surface area contributed by atoms with E-state index in [1.165, 1.54) is 5.56 Å². The number of ketones is 1. The Balaban J connectivity index is 1.58. The van der Waals surface area contributed by atoms with E-state index in [4.69, 9.17) is 4.74 Å². The van der Waals surface area contributed by atoms with E-state index in [9.17, 15) is 4.79 Å². The molecule has 0 spiro atoms. The van der Waals surface area contributed by atoms with Crippen molar-refractivity contribution < 1.29 is 9.53 Å². The molecule has 136 valence electrons. The third kappa shape index (κ3) is 3.67. The minimum Gasteiger partial charge on any atom is -0.497 e. The van der Waals surface area contributed by atoms with Crippen LogP contribution < -0.4 is 10.1 Å². The van der Waals surface area contributed by atoms with Gasteiger partial charge in [0.05, 0.1) is 18.4 Å². The van der Waals surface area contributed by atoms with Gasteiger partial charge in [-0.2, -0.15) is 0 Å². The third-order valence-corrected chi connectivity index (χ3v) is 4.93. The molecule has 0 saturated carbocycles. The summed E-state index contributed by atoms with van der Waals surface area (Å²) < 4.78 is 5.22. The third-order valence-electron chi connectivity index (χ3n) is 4.93. The maximum atomic E-state index is 12.6. The number of Topliss-reactive ketones (excluding diaryl/α,β-unsaturated/α-hetero) is 1. The molecule has 1 N–H and O–H groups in total. The van der Waals surface area contributed by atoms with Crippen LogP contribution in [0.3, 0.4) is 0 Å². The molecule has 1 aliphatic rings. The van der Waals surface area contributed by atoms with Gasteiger partial charge in [-0.25, -0.2) is 9.97 Å². The van der Waals surface area contributed by atoms with Gasteiger partial charge < -0.3 is 10.1 Å². The Morgan fingerprint density at radius 2 is 1.78 bits per heavy atom. The molecule has 1 aliphatic carbocycles. The SMILES string of the molecule is COc1ccc(C2CC(=O)c3cnc(Nc4ccc(C)cc4)nc3C2)cc1. The van der Waals surface area contributed by atoms with E-state index in [0.717, 1.165) is 29.1 Å². The molecule has 1 aromatic heterocycles. The van der Waals surface area contributed by atoms with E-state index >= 15 is 0 Å². The molecule has 0 bridgehead atoms. The molecule has 1 unspecified atom stereocenters. The van der Waals surface area contributed by atoms with Crippen molar-refractivity contribution in [3.8, 4) is 5.75 Å². The van der Waals surface area contributed by atoms with E-state index in [1.807, 2.05) is 55.5 Å². The van der Waals surface area contributed by atoms with Crippen molar-refractivity contribution in [1.29, 1.82) is 0 Å². The second-order valence-electron chi connectivity index (χ2n) is 6.85. The number of anilines is 2. The minimum atomic E-state index is 0.0963. The largest absolute Gasteiger partial charge is 0.497 e. The summed E-state index contributed by atoms with van der Waals surface area (Å²) in [6.45, 7) is 2.05. The molecule has 5 nitrogen and oxygen atoms in total. The van der Waals surface area contributed by atoms with Crippen molar-refractivity contribution in [2.24, 2.45) is 0 Å². The van der Waals surface area contributed by atoms with Crippen molar-refractivity contribution in [2.45, 2.75) is 25.7 Å². The summed E-state index contributed by atoms with van der Waals surface area (Å²) in [5.41, 5.74) is 4.68. The molecule has 27 heavy (non-hydrogen) atoms. The Labute approximate surface area is 158 Å². The number of hydrogen-bond acceptors (Lipinski definition) is 5. The lowest BCUT2D eigenvalue weighted by Crippen LogP contribution is -2.21. The molecule has 4 rings (SSSR count). The van der Waals surface area contributed by atoms with Gasteiger partial charge in [-0.1, -0.05) is 29.8 Å². The lowest BCUT2D eigenvalue weighted by Gasteiger charge is -2.23. The van der Waals surface area contributed by atoms with Crippen molar-refractivity contribution in [3.63, 3.8) is 0 Å². The average Bonchev–Trinajstić information content (AvgIpc) is 2.69. The van der Waals surface area contributed by atoms with Crippen LogP contribution in [0, 0.1) is 6.92 Å². The van der Waals surface area contributed by atoms with Gasteiger partial charge in [0, 0.05) is 18.3 Å². The Kier molecular flexibility index (Phi) is 4.59. The number of benzene rings is 2. The van der Waals surface area contributed by atoms with Crippen molar-refractivity contribution in [2.75, 3.05) is 12.4 Å². The van der Waals surface area contributed by atoms with Gasteiger partial charge in [0.25, 0.3) is 0 Å². The maximum absolute atomic E-state index is 12.6. The topological polar surface area (TPSA) is 64.1 Å². The Morgan fingerprint density at radius 1 is 1.04 bits per heavy atom. The zero-order valence-electron chi connectivity index (χ0n) is 15.4. The van der Waals surface area contributed by atoms with E-state index < -0.39 is 0 Å². The first-order valence-electron chi connectivity index (χ1n) is 8.99. The zero-order chi connectivity index (χ0) is 18.8. The second-order valence-corrected chi connectivity index (χ2v) is 6.85. The predicted molar refractivity (Wildman–Crippen MR) is 105 cm³/mol. The van der Waals surface area contributed by atoms with Gasteiger partial charge in [-0.05, 0) is 49.1 Å². The van der Waals surface area contributed by atoms with Gasteiger partial charge in [-0.15, -0.1) is 0 Å². The standard InChI is InChI=1S/C22H21N3O2/c1-14-3-7-17(8-4-14)24-22-23-13-19-20(25-22)11-16(12-21(19)26)15-5-9-18(27-2)10-6-15/h3-10,13,16H,11-12H2,1-2H3,(H,23,24,25). The summed E-state index contributed by atoms with van der Waals surface area (Å²) in [6.07, 6.45) is 2.84. The Morgan fingerprint density at radius 3 is 2.48 bits per heavy atom. The highest BCUT2D eigenvalue weighted by atomic mass is 16.5. The molecule has 0 saturated heterocycles.